The lowest BCUT2D eigenvalue weighted by Gasteiger charge is -2.28. The number of carbonyl (C=O) groups is 1. The van der Waals surface area contributed by atoms with Gasteiger partial charge in [0.25, 0.3) is 0 Å². The monoisotopic (exact) mass is 674 g/mol. The van der Waals surface area contributed by atoms with Crippen molar-refractivity contribution in [2.75, 3.05) is 36.8 Å². The van der Waals surface area contributed by atoms with Crippen molar-refractivity contribution in [2.45, 2.75) is 69.8 Å². The van der Waals surface area contributed by atoms with Gasteiger partial charge in [0.15, 0.2) is 0 Å². The van der Waals surface area contributed by atoms with E-state index in [0.29, 0.717) is 37.4 Å². The first-order valence-corrected chi connectivity index (χ1v) is 17.2. The zero-order valence-electron chi connectivity index (χ0n) is 25.2. The SMILES string of the molecule is CC(C)(C)OC(=O)NCCCCNc1nc(NC[C@H]2CC[C@H](CNS(=O)(=O)c3ccc(Br)cc3)CC2)nc2ccccc12. The molecule has 3 aromatic rings. The van der Waals surface area contributed by atoms with Gasteiger partial charge in [-0.1, -0.05) is 28.1 Å². The molecule has 4 N–H and O–H groups in total. The fraction of sp³-hybridized carbons (Fsp3) is 0.516. The van der Waals surface area contributed by atoms with Crippen LogP contribution in [0.1, 0.15) is 59.3 Å². The summed E-state index contributed by atoms with van der Waals surface area (Å²) in [6.45, 7) is 8.03. The Labute approximate surface area is 263 Å². The topological polar surface area (TPSA) is 134 Å². The largest absolute Gasteiger partial charge is 0.444 e. The minimum atomic E-state index is -3.51. The Morgan fingerprint density at radius 1 is 0.907 bits per heavy atom. The molecule has 1 fully saturated rings. The summed E-state index contributed by atoms with van der Waals surface area (Å²) in [5, 5.41) is 10.6. The molecule has 1 aromatic heterocycles. The number of hydrogen-bond donors (Lipinski definition) is 4. The van der Waals surface area contributed by atoms with Gasteiger partial charge >= 0.3 is 6.09 Å². The van der Waals surface area contributed by atoms with E-state index < -0.39 is 21.7 Å². The molecule has 1 saturated carbocycles. The summed E-state index contributed by atoms with van der Waals surface area (Å²) >= 11 is 3.34. The number of ether oxygens (including phenoxy) is 1. The van der Waals surface area contributed by atoms with Crippen molar-refractivity contribution in [1.29, 1.82) is 0 Å². The number of benzene rings is 2. The van der Waals surface area contributed by atoms with E-state index in [1.807, 2.05) is 45.0 Å². The van der Waals surface area contributed by atoms with Gasteiger partial charge in [0, 0.05) is 36.0 Å². The van der Waals surface area contributed by atoms with E-state index in [9.17, 15) is 13.2 Å². The lowest BCUT2D eigenvalue weighted by atomic mass is 9.82. The zero-order chi connectivity index (χ0) is 30.9. The highest BCUT2D eigenvalue weighted by Gasteiger charge is 2.24. The summed E-state index contributed by atoms with van der Waals surface area (Å²) in [7, 11) is -3.51. The predicted molar refractivity (Wildman–Crippen MR) is 175 cm³/mol. The summed E-state index contributed by atoms with van der Waals surface area (Å²) in [5.41, 5.74) is 0.366. The highest BCUT2D eigenvalue weighted by Crippen LogP contribution is 2.29. The van der Waals surface area contributed by atoms with Gasteiger partial charge in [-0.25, -0.2) is 22.9 Å². The maximum absolute atomic E-state index is 12.6. The molecule has 1 heterocycles. The number of nitrogens with one attached hydrogen (secondary N) is 4. The van der Waals surface area contributed by atoms with Crippen LogP contribution in [0.2, 0.25) is 0 Å². The molecule has 0 unspecified atom stereocenters. The second kappa shape index (κ2) is 15.2. The average Bonchev–Trinajstić information content (AvgIpc) is 2.96. The van der Waals surface area contributed by atoms with E-state index in [4.69, 9.17) is 14.7 Å². The lowest BCUT2D eigenvalue weighted by molar-refractivity contribution is 0.0527. The minimum Gasteiger partial charge on any atom is -0.444 e. The Morgan fingerprint density at radius 2 is 1.56 bits per heavy atom. The van der Waals surface area contributed by atoms with Crippen LogP contribution in [0.4, 0.5) is 16.6 Å². The van der Waals surface area contributed by atoms with E-state index in [2.05, 4.69) is 36.6 Å². The first-order valence-electron chi connectivity index (χ1n) is 14.9. The van der Waals surface area contributed by atoms with Crippen LogP contribution in [0.15, 0.2) is 57.9 Å². The van der Waals surface area contributed by atoms with E-state index in [1.54, 1.807) is 24.3 Å². The van der Waals surface area contributed by atoms with Gasteiger partial charge in [0.1, 0.15) is 11.4 Å². The molecule has 0 spiro atoms. The van der Waals surface area contributed by atoms with Gasteiger partial charge in [0.05, 0.1) is 10.4 Å². The highest BCUT2D eigenvalue weighted by atomic mass is 79.9. The number of carbonyl (C=O) groups excluding carboxylic acids is 1. The van der Waals surface area contributed by atoms with Crippen LogP contribution >= 0.6 is 15.9 Å². The van der Waals surface area contributed by atoms with Gasteiger partial charge in [-0.15, -0.1) is 0 Å². The van der Waals surface area contributed by atoms with Crippen LogP contribution in [-0.4, -0.2) is 56.3 Å². The van der Waals surface area contributed by atoms with Gasteiger partial charge < -0.3 is 20.7 Å². The second-order valence-electron chi connectivity index (χ2n) is 12.0. The quantitative estimate of drug-likeness (QED) is 0.155. The maximum atomic E-state index is 12.6. The normalized spacial score (nSPS) is 17.4. The zero-order valence-corrected chi connectivity index (χ0v) is 27.6. The van der Waals surface area contributed by atoms with Crippen LogP contribution in [0.5, 0.6) is 0 Å². The smallest absolute Gasteiger partial charge is 0.407 e. The first kappa shape index (κ1) is 32.9. The number of fused-ring (bicyclic) bond motifs is 1. The Balaban J connectivity index is 1.21. The summed E-state index contributed by atoms with van der Waals surface area (Å²) in [6.07, 6.45) is 5.27. The fourth-order valence-electron chi connectivity index (χ4n) is 5.05. The number of amides is 1. The molecule has 0 radical (unpaired) electrons. The molecule has 43 heavy (non-hydrogen) atoms. The molecule has 234 valence electrons. The molecule has 1 aliphatic carbocycles. The number of halogens is 1. The number of unbranched alkanes of at least 4 members (excludes halogenated alkanes) is 1. The third kappa shape index (κ3) is 10.6. The van der Waals surface area contributed by atoms with E-state index in [-0.39, 0.29) is 4.90 Å². The molecular formula is C31H43BrN6O4S. The van der Waals surface area contributed by atoms with Crippen molar-refractivity contribution in [3.63, 3.8) is 0 Å². The number of para-hydroxylation sites is 1. The number of sulfonamides is 1. The van der Waals surface area contributed by atoms with Gasteiger partial charge in [-0.3, -0.25) is 0 Å². The molecule has 1 aliphatic rings. The lowest BCUT2D eigenvalue weighted by Crippen LogP contribution is -2.33. The van der Waals surface area contributed by atoms with Crippen molar-refractivity contribution in [1.82, 2.24) is 20.0 Å². The van der Waals surface area contributed by atoms with E-state index in [0.717, 1.165) is 66.3 Å². The minimum absolute atomic E-state index is 0.285. The van der Waals surface area contributed by atoms with Crippen LogP contribution < -0.4 is 20.7 Å². The van der Waals surface area contributed by atoms with E-state index >= 15 is 0 Å². The first-order chi connectivity index (χ1) is 20.5. The summed E-state index contributed by atoms with van der Waals surface area (Å²) in [4.78, 5) is 21.6. The van der Waals surface area contributed by atoms with Crippen LogP contribution in [0.25, 0.3) is 10.9 Å². The molecule has 4 rings (SSSR count). The number of rotatable bonds is 13. The number of nitrogens with zero attached hydrogens (tertiary/aromatic N) is 2. The van der Waals surface area contributed by atoms with Gasteiger partial charge in [0.2, 0.25) is 16.0 Å². The summed E-state index contributed by atoms with van der Waals surface area (Å²) in [5.74, 6) is 2.18. The maximum Gasteiger partial charge on any atom is 0.407 e. The Bertz CT molecular complexity index is 1460. The highest BCUT2D eigenvalue weighted by molar-refractivity contribution is 9.10. The molecule has 10 nitrogen and oxygen atoms in total. The molecule has 0 atom stereocenters. The predicted octanol–water partition coefficient (Wildman–Crippen LogP) is 6.31. The van der Waals surface area contributed by atoms with Crippen LogP contribution in [0, 0.1) is 11.8 Å². The van der Waals surface area contributed by atoms with Crippen LogP contribution in [0.3, 0.4) is 0 Å². The van der Waals surface area contributed by atoms with Crippen molar-refractivity contribution < 1.29 is 17.9 Å². The Hall–Kier alpha value is -2.96. The van der Waals surface area contributed by atoms with Gasteiger partial charge in [-0.05, 0) is 108 Å². The van der Waals surface area contributed by atoms with Crippen molar-refractivity contribution >= 4 is 54.7 Å². The Morgan fingerprint density at radius 3 is 2.26 bits per heavy atom. The number of anilines is 2. The third-order valence-electron chi connectivity index (χ3n) is 7.37. The summed E-state index contributed by atoms with van der Waals surface area (Å²) in [6, 6.07) is 14.6. The third-order valence-corrected chi connectivity index (χ3v) is 9.34. The van der Waals surface area contributed by atoms with Crippen molar-refractivity contribution in [2.24, 2.45) is 11.8 Å². The van der Waals surface area contributed by atoms with Crippen molar-refractivity contribution in [3.05, 3.63) is 53.0 Å². The number of alkyl carbamates (subject to hydrolysis) is 1. The second-order valence-corrected chi connectivity index (χ2v) is 14.7. The fourth-order valence-corrected chi connectivity index (χ4v) is 6.43. The number of hydrogen-bond acceptors (Lipinski definition) is 8. The molecular weight excluding hydrogens is 632 g/mol. The standard InChI is InChI=1S/C31H43BrN6O4S/c1-31(2,3)42-30(39)34-19-7-6-18-33-28-26-8-4-5-9-27(26)37-29(38-28)35-20-22-10-12-23(13-11-22)21-36-43(40,41)25-16-14-24(32)15-17-25/h4-5,8-9,14-17,22-23,36H,6-7,10-13,18-21H2,1-3H3,(H,34,39)(H2,33,35,37,38)/t22-,23-. The van der Waals surface area contributed by atoms with Crippen molar-refractivity contribution in [3.8, 4) is 0 Å². The van der Waals surface area contributed by atoms with E-state index in [1.165, 1.54) is 0 Å². The molecule has 12 heteroatoms. The van der Waals surface area contributed by atoms with Crippen LogP contribution in [-0.2, 0) is 14.8 Å². The molecule has 1 amide bonds. The van der Waals surface area contributed by atoms with Gasteiger partial charge in [-0.2, -0.15) is 4.98 Å². The average molecular weight is 676 g/mol. The molecule has 0 aliphatic heterocycles. The molecule has 2 aromatic carbocycles. The summed E-state index contributed by atoms with van der Waals surface area (Å²) < 4.78 is 34.2. The molecule has 0 bridgehead atoms. The molecule has 0 saturated heterocycles. The number of aromatic nitrogens is 2. The Kier molecular flexibility index (Phi) is 11.6.